The van der Waals surface area contributed by atoms with Crippen LogP contribution in [0.5, 0.6) is 5.75 Å². The van der Waals surface area contributed by atoms with Gasteiger partial charge < -0.3 is 14.5 Å². The van der Waals surface area contributed by atoms with Gasteiger partial charge in [-0.3, -0.25) is 9.59 Å². The summed E-state index contributed by atoms with van der Waals surface area (Å²) in [5.41, 5.74) is 2.14. The van der Waals surface area contributed by atoms with E-state index >= 15 is 0 Å². The lowest BCUT2D eigenvalue weighted by Gasteiger charge is -2.36. The molecule has 0 atom stereocenters. The third-order valence-corrected chi connectivity index (χ3v) is 5.27. The standard InChI is InChI=1S/C23H24N4O3/c1-30-20-9-7-19(8-10-20)25-13-15-26(16-14-25)23(29)21-11-12-22(28)27(24-21)17-18-5-3-2-4-6-18/h2-12H,13-17H2,1H3. The summed E-state index contributed by atoms with van der Waals surface area (Å²) >= 11 is 0. The van der Waals surface area contributed by atoms with Crippen LogP contribution in [0.4, 0.5) is 5.69 Å². The lowest BCUT2D eigenvalue weighted by Crippen LogP contribution is -2.49. The van der Waals surface area contributed by atoms with Crippen LogP contribution in [0.3, 0.4) is 0 Å². The molecular formula is C23H24N4O3. The highest BCUT2D eigenvalue weighted by atomic mass is 16.5. The third kappa shape index (κ3) is 4.35. The number of hydrogen-bond donors (Lipinski definition) is 0. The SMILES string of the molecule is COc1ccc(N2CCN(C(=O)c3ccc(=O)n(Cc4ccccc4)n3)CC2)cc1. The number of anilines is 1. The molecule has 0 bridgehead atoms. The number of hydrogen-bond acceptors (Lipinski definition) is 5. The average molecular weight is 404 g/mol. The van der Waals surface area contributed by atoms with Crippen LogP contribution in [0.2, 0.25) is 0 Å². The first-order valence-electron chi connectivity index (χ1n) is 9.94. The lowest BCUT2D eigenvalue weighted by molar-refractivity contribution is 0.0738. The minimum atomic E-state index is -0.222. The Kier molecular flexibility index (Phi) is 5.79. The van der Waals surface area contributed by atoms with Gasteiger partial charge in [0.15, 0.2) is 0 Å². The van der Waals surface area contributed by atoms with E-state index in [1.165, 1.54) is 16.8 Å². The second-order valence-electron chi connectivity index (χ2n) is 7.18. The van der Waals surface area contributed by atoms with E-state index in [1.807, 2.05) is 54.6 Å². The van der Waals surface area contributed by atoms with Crippen LogP contribution in [-0.2, 0) is 6.54 Å². The van der Waals surface area contributed by atoms with Crippen molar-refractivity contribution in [1.29, 1.82) is 0 Å². The Bertz CT molecular complexity index is 1060. The van der Waals surface area contributed by atoms with Crippen molar-refractivity contribution in [1.82, 2.24) is 14.7 Å². The van der Waals surface area contributed by atoms with Crippen LogP contribution in [-0.4, -0.2) is 53.9 Å². The summed E-state index contributed by atoms with van der Waals surface area (Å²) in [5.74, 6) is 0.676. The summed E-state index contributed by atoms with van der Waals surface area (Å²) in [5, 5.41) is 4.32. The fourth-order valence-corrected chi connectivity index (χ4v) is 3.56. The molecule has 0 saturated carbocycles. The Morgan fingerprint density at radius 3 is 2.30 bits per heavy atom. The van der Waals surface area contributed by atoms with Crippen molar-refractivity contribution in [3.63, 3.8) is 0 Å². The van der Waals surface area contributed by atoms with E-state index in [1.54, 1.807) is 12.0 Å². The molecule has 7 nitrogen and oxygen atoms in total. The first-order valence-corrected chi connectivity index (χ1v) is 9.94. The Hall–Kier alpha value is -3.61. The second kappa shape index (κ2) is 8.82. The van der Waals surface area contributed by atoms with Crippen molar-refractivity contribution in [2.24, 2.45) is 0 Å². The number of methoxy groups -OCH3 is 1. The summed E-state index contributed by atoms with van der Waals surface area (Å²) in [6.07, 6.45) is 0. The number of aromatic nitrogens is 2. The molecule has 0 N–H and O–H groups in total. The van der Waals surface area contributed by atoms with Crippen LogP contribution < -0.4 is 15.2 Å². The summed E-state index contributed by atoms with van der Waals surface area (Å²) in [7, 11) is 1.65. The predicted octanol–water partition coefficient (Wildman–Crippen LogP) is 2.26. The first-order chi connectivity index (χ1) is 14.6. The highest BCUT2D eigenvalue weighted by Gasteiger charge is 2.23. The van der Waals surface area contributed by atoms with Crippen molar-refractivity contribution in [3.05, 3.63) is 88.3 Å². The molecule has 7 heteroatoms. The topological polar surface area (TPSA) is 67.7 Å². The molecule has 4 rings (SSSR count). The average Bonchev–Trinajstić information content (AvgIpc) is 2.81. The highest BCUT2D eigenvalue weighted by molar-refractivity contribution is 5.92. The van der Waals surface area contributed by atoms with Crippen molar-refractivity contribution in [2.75, 3.05) is 38.2 Å². The van der Waals surface area contributed by atoms with Gasteiger partial charge in [0.05, 0.1) is 13.7 Å². The molecule has 2 aromatic carbocycles. The normalized spacial score (nSPS) is 13.9. The smallest absolute Gasteiger partial charge is 0.274 e. The largest absolute Gasteiger partial charge is 0.497 e. The van der Waals surface area contributed by atoms with Gasteiger partial charge in [-0.05, 0) is 35.9 Å². The molecule has 2 heterocycles. The van der Waals surface area contributed by atoms with Crippen LogP contribution in [0.1, 0.15) is 16.1 Å². The van der Waals surface area contributed by atoms with Gasteiger partial charge in [-0.1, -0.05) is 30.3 Å². The monoisotopic (exact) mass is 404 g/mol. The molecular weight excluding hydrogens is 380 g/mol. The van der Waals surface area contributed by atoms with Crippen molar-refractivity contribution >= 4 is 11.6 Å². The maximum absolute atomic E-state index is 13.0. The number of amides is 1. The molecule has 0 radical (unpaired) electrons. The van der Waals surface area contributed by atoms with Gasteiger partial charge in [-0.15, -0.1) is 0 Å². The number of nitrogens with zero attached hydrogens (tertiary/aromatic N) is 4. The summed E-state index contributed by atoms with van der Waals surface area (Å²) < 4.78 is 6.55. The van der Waals surface area contributed by atoms with E-state index in [0.29, 0.717) is 25.3 Å². The molecule has 1 fully saturated rings. The minimum Gasteiger partial charge on any atom is -0.497 e. The van der Waals surface area contributed by atoms with E-state index < -0.39 is 0 Å². The fraction of sp³-hybridized carbons (Fsp3) is 0.261. The number of rotatable bonds is 5. The van der Waals surface area contributed by atoms with Crippen molar-refractivity contribution in [3.8, 4) is 5.75 Å². The van der Waals surface area contributed by atoms with Gasteiger partial charge in [0.2, 0.25) is 0 Å². The van der Waals surface area contributed by atoms with E-state index in [4.69, 9.17) is 4.74 Å². The number of carbonyl (C=O) groups excluding carboxylic acids is 1. The zero-order chi connectivity index (χ0) is 20.9. The van der Waals surface area contributed by atoms with E-state index in [2.05, 4.69) is 10.00 Å². The van der Waals surface area contributed by atoms with Gasteiger partial charge >= 0.3 is 0 Å². The molecule has 1 saturated heterocycles. The van der Waals surface area contributed by atoms with Crippen molar-refractivity contribution < 1.29 is 9.53 Å². The van der Waals surface area contributed by atoms with Crippen molar-refractivity contribution in [2.45, 2.75) is 6.54 Å². The Morgan fingerprint density at radius 1 is 0.933 bits per heavy atom. The first kappa shape index (κ1) is 19.7. The maximum atomic E-state index is 13.0. The second-order valence-corrected chi connectivity index (χ2v) is 7.18. The summed E-state index contributed by atoms with van der Waals surface area (Å²) in [4.78, 5) is 29.2. The number of ether oxygens (including phenoxy) is 1. The molecule has 1 amide bonds. The molecule has 1 aliphatic heterocycles. The van der Waals surface area contributed by atoms with Crippen LogP contribution in [0.15, 0.2) is 71.5 Å². The van der Waals surface area contributed by atoms with Gasteiger partial charge in [-0.2, -0.15) is 5.10 Å². The van der Waals surface area contributed by atoms with Gasteiger partial charge in [0, 0.05) is 37.9 Å². The zero-order valence-corrected chi connectivity index (χ0v) is 16.9. The molecule has 1 aliphatic rings. The summed E-state index contributed by atoms with van der Waals surface area (Å²) in [6.45, 7) is 3.02. The molecule has 154 valence electrons. The predicted molar refractivity (Wildman–Crippen MR) is 115 cm³/mol. The molecule has 0 aliphatic carbocycles. The fourth-order valence-electron chi connectivity index (χ4n) is 3.56. The van der Waals surface area contributed by atoms with Crippen LogP contribution in [0, 0.1) is 0 Å². The summed E-state index contributed by atoms with van der Waals surface area (Å²) in [6, 6.07) is 20.5. The molecule has 1 aromatic heterocycles. The Morgan fingerprint density at radius 2 is 1.63 bits per heavy atom. The van der Waals surface area contributed by atoms with Crippen LogP contribution in [0.25, 0.3) is 0 Å². The Balaban J connectivity index is 1.42. The third-order valence-electron chi connectivity index (χ3n) is 5.27. The quantitative estimate of drug-likeness (QED) is 0.653. The van der Waals surface area contributed by atoms with E-state index in [9.17, 15) is 9.59 Å². The highest BCUT2D eigenvalue weighted by Crippen LogP contribution is 2.20. The molecule has 0 spiro atoms. The number of carbonyl (C=O) groups is 1. The maximum Gasteiger partial charge on any atom is 0.274 e. The molecule has 0 unspecified atom stereocenters. The lowest BCUT2D eigenvalue weighted by atomic mass is 10.2. The Labute approximate surface area is 175 Å². The number of piperazine rings is 1. The van der Waals surface area contributed by atoms with E-state index in [0.717, 1.165) is 30.1 Å². The zero-order valence-electron chi connectivity index (χ0n) is 16.9. The van der Waals surface area contributed by atoms with Gasteiger partial charge in [0.1, 0.15) is 11.4 Å². The van der Waals surface area contributed by atoms with Gasteiger partial charge in [-0.25, -0.2) is 4.68 Å². The molecule has 30 heavy (non-hydrogen) atoms. The molecule has 3 aromatic rings. The van der Waals surface area contributed by atoms with Gasteiger partial charge in [0.25, 0.3) is 11.5 Å². The van der Waals surface area contributed by atoms with E-state index in [-0.39, 0.29) is 11.5 Å². The number of benzene rings is 2. The minimum absolute atomic E-state index is 0.147. The van der Waals surface area contributed by atoms with Crippen LogP contribution >= 0.6 is 0 Å².